The van der Waals surface area contributed by atoms with Gasteiger partial charge in [0.15, 0.2) is 0 Å². The number of nitrogen functional groups attached to an aromatic ring is 1. The third-order valence-corrected chi connectivity index (χ3v) is 4.47. The van der Waals surface area contributed by atoms with E-state index >= 15 is 0 Å². The zero-order valence-corrected chi connectivity index (χ0v) is 13.8. The molecule has 0 bridgehead atoms. The van der Waals surface area contributed by atoms with Crippen LogP contribution in [0.2, 0.25) is 0 Å². The van der Waals surface area contributed by atoms with Crippen molar-refractivity contribution in [1.29, 1.82) is 0 Å². The maximum absolute atomic E-state index is 5.84. The van der Waals surface area contributed by atoms with Crippen molar-refractivity contribution in [1.82, 2.24) is 14.7 Å². The summed E-state index contributed by atoms with van der Waals surface area (Å²) >= 11 is 3.63. The molecule has 108 valence electrons. The Morgan fingerprint density at radius 2 is 2.10 bits per heavy atom. The standard InChI is InChI=1S/C15H21BrN4/c1-4-20(9-12-6-5-7-13(17)8-12)10-14-15(16)11(2)18-19(14)3/h5-8H,4,9-10,17H2,1-3H3. The second-order valence-electron chi connectivity index (χ2n) is 5.02. The van der Waals surface area contributed by atoms with Crippen molar-refractivity contribution in [3.8, 4) is 0 Å². The van der Waals surface area contributed by atoms with Gasteiger partial charge in [-0.2, -0.15) is 5.10 Å². The van der Waals surface area contributed by atoms with Gasteiger partial charge in [0.1, 0.15) is 0 Å². The van der Waals surface area contributed by atoms with Crippen LogP contribution < -0.4 is 5.73 Å². The second kappa shape index (κ2) is 6.41. The normalized spacial score (nSPS) is 11.2. The highest BCUT2D eigenvalue weighted by atomic mass is 79.9. The topological polar surface area (TPSA) is 47.1 Å². The maximum Gasteiger partial charge on any atom is 0.0739 e. The monoisotopic (exact) mass is 336 g/mol. The molecule has 1 aromatic heterocycles. The lowest BCUT2D eigenvalue weighted by Gasteiger charge is -2.21. The lowest BCUT2D eigenvalue weighted by Crippen LogP contribution is -2.24. The molecule has 2 N–H and O–H groups in total. The van der Waals surface area contributed by atoms with E-state index in [1.165, 1.54) is 11.3 Å². The molecule has 0 atom stereocenters. The van der Waals surface area contributed by atoms with Crippen molar-refractivity contribution < 1.29 is 0 Å². The molecule has 0 unspecified atom stereocenters. The molecule has 0 radical (unpaired) electrons. The average molecular weight is 337 g/mol. The van der Waals surface area contributed by atoms with Crippen LogP contribution in [-0.2, 0) is 20.1 Å². The van der Waals surface area contributed by atoms with E-state index in [0.717, 1.165) is 35.5 Å². The summed E-state index contributed by atoms with van der Waals surface area (Å²) in [5.41, 5.74) is 10.1. The van der Waals surface area contributed by atoms with Gasteiger partial charge in [0.05, 0.1) is 15.9 Å². The number of hydrogen-bond donors (Lipinski definition) is 1. The fourth-order valence-electron chi connectivity index (χ4n) is 2.29. The van der Waals surface area contributed by atoms with Crippen LogP contribution in [0.25, 0.3) is 0 Å². The van der Waals surface area contributed by atoms with Crippen LogP contribution >= 0.6 is 15.9 Å². The number of benzene rings is 1. The summed E-state index contributed by atoms with van der Waals surface area (Å²) in [4.78, 5) is 2.37. The summed E-state index contributed by atoms with van der Waals surface area (Å²) in [7, 11) is 1.99. The zero-order valence-electron chi connectivity index (χ0n) is 12.2. The van der Waals surface area contributed by atoms with E-state index in [1.54, 1.807) is 0 Å². The second-order valence-corrected chi connectivity index (χ2v) is 5.81. The molecule has 0 amide bonds. The van der Waals surface area contributed by atoms with Gasteiger partial charge in [-0.1, -0.05) is 19.1 Å². The molecule has 20 heavy (non-hydrogen) atoms. The van der Waals surface area contributed by atoms with Gasteiger partial charge in [-0.15, -0.1) is 0 Å². The third kappa shape index (κ3) is 3.41. The molecule has 2 rings (SSSR count). The number of rotatable bonds is 5. The van der Waals surface area contributed by atoms with Crippen LogP contribution in [-0.4, -0.2) is 21.2 Å². The number of aryl methyl sites for hydroxylation is 2. The quantitative estimate of drug-likeness (QED) is 0.853. The molecule has 0 aliphatic heterocycles. The number of aromatic nitrogens is 2. The first kappa shape index (κ1) is 15.1. The summed E-state index contributed by atoms with van der Waals surface area (Å²) in [6.45, 7) is 6.91. The zero-order chi connectivity index (χ0) is 14.7. The summed E-state index contributed by atoms with van der Waals surface area (Å²) in [5.74, 6) is 0. The Bertz CT molecular complexity index is 592. The van der Waals surface area contributed by atoms with Crippen LogP contribution in [0.1, 0.15) is 23.9 Å². The lowest BCUT2D eigenvalue weighted by atomic mass is 10.2. The molecular formula is C15H21BrN4. The smallest absolute Gasteiger partial charge is 0.0739 e. The Hall–Kier alpha value is -1.33. The average Bonchev–Trinajstić information content (AvgIpc) is 2.64. The Morgan fingerprint density at radius 1 is 1.35 bits per heavy atom. The van der Waals surface area contributed by atoms with E-state index in [1.807, 2.05) is 36.9 Å². The summed E-state index contributed by atoms with van der Waals surface area (Å²) in [5, 5.41) is 4.44. The predicted octanol–water partition coefficient (Wildman–Crippen LogP) is 3.10. The molecule has 0 aliphatic rings. The van der Waals surface area contributed by atoms with Gasteiger partial charge in [0, 0.05) is 25.8 Å². The maximum atomic E-state index is 5.84. The van der Waals surface area contributed by atoms with E-state index in [9.17, 15) is 0 Å². The van der Waals surface area contributed by atoms with Gasteiger partial charge < -0.3 is 5.73 Å². The van der Waals surface area contributed by atoms with Crippen molar-refractivity contribution in [2.75, 3.05) is 12.3 Å². The Labute approximate surface area is 128 Å². The predicted molar refractivity (Wildman–Crippen MR) is 86.3 cm³/mol. The molecule has 0 saturated heterocycles. The Kier molecular flexibility index (Phi) is 4.83. The first-order chi connectivity index (χ1) is 9.51. The van der Waals surface area contributed by atoms with Gasteiger partial charge in [-0.05, 0) is 47.1 Å². The van der Waals surface area contributed by atoms with Crippen LogP contribution in [0.15, 0.2) is 28.7 Å². The van der Waals surface area contributed by atoms with Crippen LogP contribution in [0.4, 0.5) is 5.69 Å². The van der Waals surface area contributed by atoms with E-state index < -0.39 is 0 Å². The summed E-state index contributed by atoms with van der Waals surface area (Å²) < 4.78 is 3.05. The lowest BCUT2D eigenvalue weighted by molar-refractivity contribution is 0.263. The van der Waals surface area contributed by atoms with Gasteiger partial charge in [-0.3, -0.25) is 9.58 Å². The van der Waals surface area contributed by atoms with Crippen molar-refractivity contribution >= 4 is 21.6 Å². The van der Waals surface area contributed by atoms with Crippen molar-refractivity contribution in [2.45, 2.75) is 26.9 Å². The molecule has 0 fully saturated rings. The summed E-state index contributed by atoms with van der Waals surface area (Å²) in [6, 6.07) is 8.07. The van der Waals surface area contributed by atoms with Crippen molar-refractivity contribution in [3.63, 3.8) is 0 Å². The molecule has 0 saturated carbocycles. The van der Waals surface area contributed by atoms with Crippen LogP contribution in [0.5, 0.6) is 0 Å². The minimum Gasteiger partial charge on any atom is -0.399 e. The molecule has 4 nitrogen and oxygen atoms in total. The van der Waals surface area contributed by atoms with E-state index in [2.05, 4.69) is 38.9 Å². The first-order valence-electron chi connectivity index (χ1n) is 6.76. The van der Waals surface area contributed by atoms with Gasteiger partial charge in [0.25, 0.3) is 0 Å². The third-order valence-electron chi connectivity index (χ3n) is 3.44. The van der Waals surface area contributed by atoms with Gasteiger partial charge >= 0.3 is 0 Å². The van der Waals surface area contributed by atoms with Gasteiger partial charge in [0.2, 0.25) is 0 Å². The minimum atomic E-state index is 0.816. The molecule has 0 aliphatic carbocycles. The van der Waals surface area contributed by atoms with Crippen LogP contribution in [0, 0.1) is 6.92 Å². The van der Waals surface area contributed by atoms with E-state index in [4.69, 9.17) is 5.73 Å². The molecule has 2 aromatic rings. The van der Waals surface area contributed by atoms with E-state index in [0.29, 0.717) is 0 Å². The SMILES string of the molecule is CCN(Cc1cccc(N)c1)Cc1c(Br)c(C)nn1C. The molecule has 1 heterocycles. The molecular weight excluding hydrogens is 316 g/mol. The molecule has 1 aromatic carbocycles. The Morgan fingerprint density at radius 3 is 2.65 bits per heavy atom. The number of halogens is 1. The van der Waals surface area contributed by atoms with Gasteiger partial charge in [-0.25, -0.2) is 0 Å². The Balaban J connectivity index is 2.13. The number of hydrogen-bond acceptors (Lipinski definition) is 3. The minimum absolute atomic E-state index is 0.816. The largest absolute Gasteiger partial charge is 0.399 e. The van der Waals surface area contributed by atoms with E-state index in [-0.39, 0.29) is 0 Å². The fourth-order valence-corrected chi connectivity index (χ4v) is 2.75. The number of anilines is 1. The number of nitrogens with zero attached hydrogens (tertiary/aromatic N) is 3. The molecule has 5 heteroatoms. The van der Waals surface area contributed by atoms with Crippen molar-refractivity contribution in [2.24, 2.45) is 7.05 Å². The fraction of sp³-hybridized carbons (Fsp3) is 0.400. The first-order valence-corrected chi connectivity index (χ1v) is 7.55. The highest BCUT2D eigenvalue weighted by Gasteiger charge is 2.14. The molecule has 0 spiro atoms. The van der Waals surface area contributed by atoms with Crippen LogP contribution in [0.3, 0.4) is 0 Å². The summed E-state index contributed by atoms with van der Waals surface area (Å²) in [6.07, 6.45) is 0. The highest BCUT2D eigenvalue weighted by Crippen LogP contribution is 2.22. The number of nitrogens with two attached hydrogens (primary N) is 1. The highest BCUT2D eigenvalue weighted by molar-refractivity contribution is 9.10. The van der Waals surface area contributed by atoms with Crippen molar-refractivity contribution in [3.05, 3.63) is 45.7 Å².